The van der Waals surface area contributed by atoms with Crippen LogP contribution in [0.1, 0.15) is 70.4 Å². The molecule has 0 unspecified atom stereocenters. The van der Waals surface area contributed by atoms with E-state index in [2.05, 4.69) is 10.6 Å². The van der Waals surface area contributed by atoms with Crippen molar-refractivity contribution in [2.24, 2.45) is 5.92 Å². The molecule has 38 heavy (non-hydrogen) atoms. The van der Waals surface area contributed by atoms with Crippen molar-refractivity contribution in [2.75, 3.05) is 5.32 Å². The maximum atomic E-state index is 14.4. The lowest BCUT2D eigenvalue weighted by atomic mass is 9.92. The number of amides is 2. The third-order valence-electron chi connectivity index (χ3n) is 7.43. The SMILES string of the molecule is Cc1cc(C(F)(C(F)(F)F)C(F)(F)F)ccc1NC(=O)c1cccc(I)c1C(=O)NC1(C2CCCC2)CC1. The number of carbonyl (C=O) groups is 2. The highest BCUT2D eigenvalue weighted by Crippen LogP contribution is 2.53. The average Bonchev–Trinajstić information content (AvgIpc) is 3.36. The van der Waals surface area contributed by atoms with Crippen LogP contribution >= 0.6 is 22.6 Å². The number of rotatable bonds is 6. The van der Waals surface area contributed by atoms with Crippen molar-refractivity contribution in [3.63, 3.8) is 0 Å². The van der Waals surface area contributed by atoms with Gasteiger partial charge in [-0.05, 0) is 84.9 Å². The van der Waals surface area contributed by atoms with Gasteiger partial charge in [-0.2, -0.15) is 26.3 Å². The molecule has 2 aliphatic rings. The summed E-state index contributed by atoms with van der Waals surface area (Å²) in [6.45, 7) is 1.15. The average molecular weight is 656 g/mol. The molecule has 0 spiro atoms. The summed E-state index contributed by atoms with van der Waals surface area (Å²) in [6, 6.07) is 6.13. The first kappa shape index (κ1) is 28.6. The van der Waals surface area contributed by atoms with Crippen LogP contribution in [0.4, 0.5) is 36.4 Å². The molecule has 2 aliphatic carbocycles. The molecule has 2 saturated carbocycles. The highest BCUT2D eigenvalue weighted by molar-refractivity contribution is 14.1. The van der Waals surface area contributed by atoms with Crippen LogP contribution in [0.25, 0.3) is 0 Å². The van der Waals surface area contributed by atoms with Gasteiger partial charge in [0.15, 0.2) is 0 Å². The van der Waals surface area contributed by atoms with E-state index in [4.69, 9.17) is 0 Å². The maximum Gasteiger partial charge on any atom is 0.435 e. The van der Waals surface area contributed by atoms with Crippen LogP contribution in [-0.4, -0.2) is 29.7 Å². The third kappa shape index (κ3) is 5.12. The minimum absolute atomic E-state index is 0.00878. The van der Waals surface area contributed by atoms with Gasteiger partial charge in [0.25, 0.3) is 11.8 Å². The van der Waals surface area contributed by atoms with Gasteiger partial charge in [0, 0.05) is 20.4 Å². The van der Waals surface area contributed by atoms with Gasteiger partial charge in [0.1, 0.15) is 0 Å². The van der Waals surface area contributed by atoms with Crippen molar-refractivity contribution in [3.8, 4) is 0 Å². The van der Waals surface area contributed by atoms with E-state index in [1.165, 1.54) is 6.07 Å². The van der Waals surface area contributed by atoms with Crippen molar-refractivity contribution in [1.29, 1.82) is 0 Å². The van der Waals surface area contributed by atoms with Crippen LogP contribution in [-0.2, 0) is 5.67 Å². The Hall–Kier alpha value is -2.38. The first-order chi connectivity index (χ1) is 17.6. The standard InChI is InChI=1S/C26H24F7IN2O2/c1-14-13-16(24(27,25(28,29)30)26(31,32)33)9-10-19(14)35-21(37)17-7-4-8-18(34)20(17)22(38)36-23(11-12-23)15-5-2-3-6-15/h4,7-10,13,15H,2-3,5-6,11-12H2,1H3,(H,35,37)(H,36,38). The van der Waals surface area contributed by atoms with Crippen LogP contribution in [0, 0.1) is 16.4 Å². The summed E-state index contributed by atoms with van der Waals surface area (Å²) in [5, 5.41) is 5.54. The molecule has 2 N–H and O–H groups in total. The predicted molar refractivity (Wildman–Crippen MR) is 135 cm³/mol. The molecule has 0 aliphatic heterocycles. The summed E-state index contributed by atoms with van der Waals surface area (Å²) < 4.78 is 93.7. The first-order valence-corrected chi connectivity index (χ1v) is 13.0. The summed E-state index contributed by atoms with van der Waals surface area (Å²) >= 11 is 1.92. The van der Waals surface area contributed by atoms with Gasteiger partial charge in [-0.1, -0.05) is 31.0 Å². The van der Waals surface area contributed by atoms with Gasteiger partial charge < -0.3 is 10.6 Å². The Balaban J connectivity index is 1.59. The van der Waals surface area contributed by atoms with Crippen LogP contribution in [0.2, 0.25) is 0 Å². The van der Waals surface area contributed by atoms with Gasteiger partial charge in [-0.25, -0.2) is 4.39 Å². The molecule has 4 nitrogen and oxygen atoms in total. The van der Waals surface area contributed by atoms with Crippen LogP contribution < -0.4 is 10.6 Å². The van der Waals surface area contributed by atoms with Crippen molar-refractivity contribution in [2.45, 2.75) is 69.0 Å². The summed E-state index contributed by atoms with van der Waals surface area (Å²) in [5.74, 6) is -0.829. The van der Waals surface area contributed by atoms with Gasteiger partial charge in [0.05, 0.1) is 11.1 Å². The van der Waals surface area contributed by atoms with E-state index in [9.17, 15) is 40.3 Å². The highest BCUT2D eigenvalue weighted by Gasteiger charge is 2.73. The molecular formula is C26H24F7IN2O2. The Labute approximate surface area is 227 Å². The fourth-order valence-corrected chi connectivity index (χ4v) is 5.92. The number of alkyl halides is 7. The molecule has 2 aromatic carbocycles. The molecule has 0 radical (unpaired) electrons. The van der Waals surface area contributed by atoms with Gasteiger partial charge >= 0.3 is 18.0 Å². The second kappa shape index (κ2) is 9.98. The van der Waals surface area contributed by atoms with Crippen molar-refractivity contribution < 1.29 is 40.3 Å². The Morgan fingerprint density at radius 1 is 0.921 bits per heavy atom. The molecule has 0 saturated heterocycles. The van der Waals surface area contributed by atoms with E-state index in [1.54, 1.807) is 12.1 Å². The van der Waals surface area contributed by atoms with Crippen LogP contribution in [0.15, 0.2) is 36.4 Å². The first-order valence-electron chi connectivity index (χ1n) is 12.0. The quantitative estimate of drug-likeness (QED) is 0.249. The smallest absolute Gasteiger partial charge is 0.346 e. The van der Waals surface area contributed by atoms with Crippen LogP contribution in [0.5, 0.6) is 0 Å². The minimum Gasteiger partial charge on any atom is -0.346 e. The van der Waals surface area contributed by atoms with Crippen LogP contribution in [0.3, 0.4) is 0 Å². The second-order valence-electron chi connectivity index (χ2n) is 9.89. The number of nitrogens with one attached hydrogen (secondary N) is 2. The second-order valence-corrected chi connectivity index (χ2v) is 11.1. The van der Waals surface area contributed by atoms with E-state index in [-0.39, 0.29) is 27.9 Å². The Bertz CT molecular complexity index is 1240. The number of hydrogen-bond donors (Lipinski definition) is 2. The van der Waals surface area contributed by atoms with E-state index < -0.39 is 35.4 Å². The van der Waals surface area contributed by atoms with E-state index in [0.29, 0.717) is 21.6 Å². The number of benzene rings is 2. The number of hydrogen-bond acceptors (Lipinski definition) is 2. The van der Waals surface area contributed by atoms with Gasteiger partial charge in [-0.15, -0.1) is 0 Å². The lowest BCUT2D eigenvalue weighted by molar-refractivity contribution is -0.348. The van der Waals surface area contributed by atoms with E-state index in [1.807, 2.05) is 22.6 Å². The fourth-order valence-electron chi connectivity index (χ4n) is 5.18. The van der Waals surface area contributed by atoms with Crippen molar-refractivity contribution in [1.82, 2.24) is 5.32 Å². The molecule has 2 amide bonds. The number of carbonyl (C=O) groups excluding carboxylic acids is 2. The summed E-state index contributed by atoms with van der Waals surface area (Å²) in [6.07, 6.45) is -6.53. The van der Waals surface area contributed by atoms with Crippen molar-refractivity contribution in [3.05, 3.63) is 62.2 Å². The maximum absolute atomic E-state index is 14.4. The molecule has 0 aromatic heterocycles. The Morgan fingerprint density at radius 2 is 1.53 bits per heavy atom. The summed E-state index contributed by atoms with van der Waals surface area (Å²) in [7, 11) is 0. The number of aryl methyl sites for hydroxylation is 1. The molecule has 4 rings (SSSR count). The predicted octanol–water partition coefficient (Wildman–Crippen LogP) is 7.59. The van der Waals surface area contributed by atoms with E-state index in [0.717, 1.165) is 51.5 Å². The molecule has 12 heteroatoms. The molecule has 206 valence electrons. The zero-order valence-electron chi connectivity index (χ0n) is 20.1. The number of anilines is 1. The van der Waals surface area contributed by atoms with Gasteiger partial charge in [0.2, 0.25) is 0 Å². The lowest BCUT2D eigenvalue weighted by Crippen LogP contribution is -2.50. The molecule has 2 fully saturated rings. The zero-order valence-corrected chi connectivity index (χ0v) is 22.3. The number of halogens is 8. The minimum atomic E-state index is -6.25. The molecule has 0 heterocycles. The largest absolute Gasteiger partial charge is 0.435 e. The monoisotopic (exact) mass is 656 g/mol. The molecule has 0 atom stereocenters. The third-order valence-corrected chi connectivity index (χ3v) is 8.33. The summed E-state index contributed by atoms with van der Waals surface area (Å²) in [5.41, 5.74) is -7.74. The molecule has 2 aromatic rings. The molecule has 0 bridgehead atoms. The Morgan fingerprint density at radius 3 is 2.05 bits per heavy atom. The normalized spacial score (nSPS) is 17.8. The highest BCUT2D eigenvalue weighted by atomic mass is 127. The summed E-state index contributed by atoms with van der Waals surface area (Å²) in [4.78, 5) is 26.5. The fraction of sp³-hybridized carbons (Fsp3) is 0.462. The van der Waals surface area contributed by atoms with E-state index >= 15 is 0 Å². The van der Waals surface area contributed by atoms with Crippen molar-refractivity contribution >= 4 is 40.1 Å². The van der Waals surface area contributed by atoms with Gasteiger partial charge in [-0.3, -0.25) is 9.59 Å². The zero-order chi connectivity index (χ0) is 28.1. The lowest BCUT2D eigenvalue weighted by Gasteiger charge is -2.30. The topological polar surface area (TPSA) is 58.2 Å². The Kier molecular flexibility index (Phi) is 7.52. The molecular weight excluding hydrogens is 632 g/mol.